The number of nitrogens with one attached hydrogen (secondary N) is 1. The lowest BCUT2D eigenvalue weighted by atomic mass is 10.3. The SMILES string of the molecule is CCOCCCC(=O)Nc1ncc(C#CCO)s1. The quantitative estimate of drug-likeness (QED) is 0.601. The van der Waals surface area contributed by atoms with Crippen LogP contribution in [0.2, 0.25) is 0 Å². The number of amides is 1. The van der Waals surface area contributed by atoms with Crippen LogP contribution in [-0.4, -0.2) is 35.8 Å². The average Bonchev–Trinajstić information content (AvgIpc) is 2.80. The van der Waals surface area contributed by atoms with Crippen LogP contribution in [0, 0.1) is 11.8 Å². The minimum atomic E-state index is -0.184. The van der Waals surface area contributed by atoms with Crippen LogP contribution in [0.1, 0.15) is 24.6 Å². The number of carbonyl (C=O) groups is 1. The molecule has 6 heteroatoms. The van der Waals surface area contributed by atoms with E-state index in [1.54, 1.807) is 6.20 Å². The third-order valence-electron chi connectivity index (χ3n) is 1.94. The Morgan fingerprint density at radius 2 is 2.50 bits per heavy atom. The van der Waals surface area contributed by atoms with E-state index in [1.165, 1.54) is 11.3 Å². The first kappa shape index (κ1) is 14.6. The van der Waals surface area contributed by atoms with Gasteiger partial charge in [0.25, 0.3) is 0 Å². The predicted molar refractivity (Wildman–Crippen MR) is 70.4 cm³/mol. The van der Waals surface area contributed by atoms with Gasteiger partial charge in [0.2, 0.25) is 5.91 Å². The monoisotopic (exact) mass is 268 g/mol. The van der Waals surface area contributed by atoms with Gasteiger partial charge < -0.3 is 15.2 Å². The largest absolute Gasteiger partial charge is 0.384 e. The van der Waals surface area contributed by atoms with Crippen LogP contribution in [0.5, 0.6) is 0 Å². The summed E-state index contributed by atoms with van der Waals surface area (Å²) in [4.78, 5) is 16.3. The Kier molecular flexibility index (Phi) is 7.03. The lowest BCUT2D eigenvalue weighted by Gasteiger charge is -2.01. The van der Waals surface area contributed by atoms with Crippen molar-refractivity contribution < 1.29 is 14.6 Å². The Balaban J connectivity index is 2.33. The van der Waals surface area contributed by atoms with E-state index in [0.717, 1.165) is 0 Å². The number of rotatable bonds is 6. The zero-order valence-corrected chi connectivity index (χ0v) is 11.0. The molecular weight excluding hydrogens is 252 g/mol. The second-order valence-corrected chi connectivity index (χ2v) is 4.37. The molecule has 0 aliphatic carbocycles. The topological polar surface area (TPSA) is 71.5 Å². The number of aliphatic hydroxyl groups is 1. The van der Waals surface area contributed by atoms with Crippen LogP contribution in [-0.2, 0) is 9.53 Å². The van der Waals surface area contributed by atoms with Crippen molar-refractivity contribution >= 4 is 22.4 Å². The molecule has 5 nitrogen and oxygen atoms in total. The van der Waals surface area contributed by atoms with Gasteiger partial charge in [-0.2, -0.15) is 0 Å². The molecule has 18 heavy (non-hydrogen) atoms. The number of aromatic nitrogens is 1. The van der Waals surface area contributed by atoms with Crippen molar-refractivity contribution in [3.63, 3.8) is 0 Å². The maximum Gasteiger partial charge on any atom is 0.226 e. The summed E-state index contributed by atoms with van der Waals surface area (Å²) in [6.45, 7) is 3.00. The van der Waals surface area contributed by atoms with Gasteiger partial charge >= 0.3 is 0 Å². The number of nitrogens with zero attached hydrogens (tertiary/aromatic N) is 1. The molecular formula is C12H16N2O3S. The molecule has 0 saturated carbocycles. The van der Waals surface area contributed by atoms with E-state index < -0.39 is 0 Å². The smallest absolute Gasteiger partial charge is 0.226 e. The third kappa shape index (κ3) is 5.77. The van der Waals surface area contributed by atoms with Gasteiger partial charge in [0.15, 0.2) is 5.13 Å². The molecule has 0 fully saturated rings. The van der Waals surface area contributed by atoms with Gasteiger partial charge in [-0.15, -0.1) is 0 Å². The Bertz CT molecular complexity index is 434. The highest BCUT2D eigenvalue weighted by molar-refractivity contribution is 7.16. The first-order valence-corrected chi connectivity index (χ1v) is 6.51. The molecule has 0 unspecified atom stereocenters. The minimum Gasteiger partial charge on any atom is -0.384 e. The van der Waals surface area contributed by atoms with Crippen LogP contribution in [0.25, 0.3) is 0 Å². The lowest BCUT2D eigenvalue weighted by molar-refractivity contribution is -0.116. The zero-order chi connectivity index (χ0) is 13.2. The summed E-state index contributed by atoms with van der Waals surface area (Å²) >= 11 is 1.29. The maximum atomic E-state index is 11.5. The number of ether oxygens (including phenoxy) is 1. The molecule has 1 aromatic heterocycles. The summed E-state index contributed by atoms with van der Waals surface area (Å²) in [6, 6.07) is 0. The van der Waals surface area contributed by atoms with Gasteiger partial charge in [-0.25, -0.2) is 4.98 Å². The number of hydrogen-bond acceptors (Lipinski definition) is 5. The fourth-order valence-electron chi connectivity index (χ4n) is 1.18. The summed E-state index contributed by atoms with van der Waals surface area (Å²) in [5.41, 5.74) is 0. The van der Waals surface area contributed by atoms with E-state index >= 15 is 0 Å². The van der Waals surface area contributed by atoms with Crippen molar-refractivity contribution in [3.05, 3.63) is 11.1 Å². The lowest BCUT2D eigenvalue weighted by Crippen LogP contribution is -2.11. The van der Waals surface area contributed by atoms with E-state index in [0.29, 0.717) is 36.1 Å². The van der Waals surface area contributed by atoms with E-state index in [4.69, 9.17) is 9.84 Å². The maximum absolute atomic E-state index is 11.5. The van der Waals surface area contributed by atoms with E-state index in [9.17, 15) is 4.79 Å². The molecule has 1 rings (SSSR count). The van der Waals surface area contributed by atoms with Gasteiger partial charge in [-0.1, -0.05) is 23.2 Å². The normalized spacial score (nSPS) is 9.67. The van der Waals surface area contributed by atoms with Crippen molar-refractivity contribution in [3.8, 4) is 11.8 Å². The van der Waals surface area contributed by atoms with Crippen LogP contribution in [0.4, 0.5) is 5.13 Å². The summed E-state index contributed by atoms with van der Waals surface area (Å²) in [6.07, 6.45) is 2.68. The number of thiazole rings is 1. The summed E-state index contributed by atoms with van der Waals surface area (Å²) < 4.78 is 5.15. The molecule has 0 bridgehead atoms. The van der Waals surface area contributed by atoms with Crippen LogP contribution < -0.4 is 5.32 Å². The van der Waals surface area contributed by atoms with Gasteiger partial charge in [-0.05, 0) is 13.3 Å². The molecule has 0 spiro atoms. The Morgan fingerprint density at radius 3 is 3.22 bits per heavy atom. The van der Waals surface area contributed by atoms with Crippen molar-refractivity contribution in [2.75, 3.05) is 25.1 Å². The number of anilines is 1. The molecule has 0 radical (unpaired) electrons. The molecule has 0 aliphatic heterocycles. The van der Waals surface area contributed by atoms with Crippen LogP contribution in [0.3, 0.4) is 0 Å². The molecule has 0 aromatic carbocycles. The fourth-order valence-corrected chi connectivity index (χ4v) is 1.88. The van der Waals surface area contributed by atoms with Crippen molar-refractivity contribution in [1.29, 1.82) is 0 Å². The third-order valence-corrected chi connectivity index (χ3v) is 2.77. The first-order valence-electron chi connectivity index (χ1n) is 5.69. The molecule has 1 amide bonds. The number of aliphatic hydroxyl groups excluding tert-OH is 1. The van der Waals surface area contributed by atoms with Crippen LogP contribution in [0.15, 0.2) is 6.20 Å². The first-order chi connectivity index (χ1) is 8.76. The Morgan fingerprint density at radius 1 is 1.67 bits per heavy atom. The molecule has 0 atom stereocenters. The van der Waals surface area contributed by atoms with Gasteiger partial charge in [0, 0.05) is 19.6 Å². The van der Waals surface area contributed by atoms with Gasteiger partial charge in [-0.3, -0.25) is 4.79 Å². The summed E-state index contributed by atoms with van der Waals surface area (Å²) in [5.74, 6) is 5.18. The molecule has 0 saturated heterocycles. The molecule has 98 valence electrons. The highest BCUT2D eigenvalue weighted by Gasteiger charge is 2.05. The molecule has 0 aliphatic rings. The summed E-state index contributed by atoms with van der Waals surface area (Å²) in [5, 5.41) is 11.8. The van der Waals surface area contributed by atoms with Gasteiger partial charge in [0.1, 0.15) is 6.61 Å². The van der Waals surface area contributed by atoms with E-state index in [1.807, 2.05) is 6.92 Å². The highest BCUT2D eigenvalue weighted by Crippen LogP contribution is 2.17. The fraction of sp³-hybridized carbons (Fsp3) is 0.500. The van der Waals surface area contributed by atoms with Crippen molar-refractivity contribution in [1.82, 2.24) is 4.98 Å². The van der Waals surface area contributed by atoms with E-state index in [-0.39, 0.29) is 12.5 Å². The van der Waals surface area contributed by atoms with Crippen LogP contribution >= 0.6 is 11.3 Å². The number of hydrogen-bond donors (Lipinski definition) is 2. The van der Waals surface area contributed by atoms with E-state index in [2.05, 4.69) is 22.1 Å². The second-order valence-electron chi connectivity index (χ2n) is 3.34. The zero-order valence-electron chi connectivity index (χ0n) is 10.2. The summed E-state index contributed by atoms with van der Waals surface area (Å²) in [7, 11) is 0. The number of carbonyl (C=O) groups excluding carboxylic acids is 1. The van der Waals surface area contributed by atoms with Gasteiger partial charge in [0.05, 0.1) is 11.1 Å². The predicted octanol–water partition coefficient (Wildman–Crippen LogP) is 1.24. The standard InChI is InChI=1S/C12H16N2O3S/c1-2-17-8-4-6-11(16)14-12-13-9-10(18-12)5-3-7-15/h9,15H,2,4,6-8H2,1H3,(H,13,14,16). The molecule has 1 heterocycles. The molecule has 2 N–H and O–H groups in total. The second kappa shape index (κ2) is 8.64. The van der Waals surface area contributed by atoms with Crippen molar-refractivity contribution in [2.45, 2.75) is 19.8 Å². The van der Waals surface area contributed by atoms with Crippen molar-refractivity contribution in [2.24, 2.45) is 0 Å². The highest BCUT2D eigenvalue weighted by atomic mass is 32.1. The molecule has 1 aromatic rings. The Labute approximate surface area is 110 Å². The minimum absolute atomic E-state index is 0.0780. The average molecular weight is 268 g/mol. The Hall–Kier alpha value is -1.42.